The Labute approximate surface area is 123 Å². The third-order valence-electron chi connectivity index (χ3n) is 2.94. The number of rotatable bonds is 2. The summed E-state index contributed by atoms with van der Waals surface area (Å²) in [6.07, 6.45) is -4.22. The van der Waals surface area contributed by atoms with E-state index in [9.17, 15) is 13.2 Å². The molecule has 2 nitrogen and oxygen atoms in total. The molecule has 1 unspecified atom stereocenters. The molecule has 1 aromatic rings. The van der Waals surface area contributed by atoms with Gasteiger partial charge < -0.3 is 5.32 Å². The first-order valence-corrected chi connectivity index (χ1v) is 5.65. The van der Waals surface area contributed by atoms with Gasteiger partial charge in [0.25, 0.3) is 0 Å². The summed E-state index contributed by atoms with van der Waals surface area (Å²) in [6.45, 7) is 2.08. The highest BCUT2D eigenvalue weighted by atomic mass is 35.5. The fraction of sp³-hybridized carbons (Fsp3) is 0.500. The number of benzene rings is 1. The van der Waals surface area contributed by atoms with Crippen molar-refractivity contribution in [2.24, 2.45) is 0 Å². The Morgan fingerprint density at radius 1 is 1.00 bits per heavy atom. The second-order valence-electron chi connectivity index (χ2n) is 4.14. The van der Waals surface area contributed by atoms with E-state index in [-0.39, 0.29) is 24.8 Å². The minimum atomic E-state index is -4.22. The molecule has 1 fully saturated rings. The van der Waals surface area contributed by atoms with Gasteiger partial charge in [0.05, 0.1) is 0 Å². The maximum Gasteiger partial charge on any atom is 0.408 e. The molecule has 110 valence electrons. The Bertz CT molecular complexity index is 354. The van der Waals surface area contributed by atoms with Crippen molar-refractivity contribution in [3.63, 3.8) is 0 Å². The summed E-state index contributed by atoms with van der Waals surface area (Å²) in [4.78, 5) is 1.49. The van der Waals surface area contributed by atoms with E-state index < -0.39 is 12.2 Å². The third kappa shape index (κ3) is 4.84. The minimum absolute atomic E-state index is 0. The maximum absolute atomic E-state index is 13.1. The van der Waals surface area contributed by atoms with E-state index in [0.29, 0.717) is 31.7 Å². The highest BCUT2D eigenvalue weighted by molar-refractivity contribution is 5.85. The molecule has 1 aromatic carbocycles. The van der Waals surface area contributed by atoms with Crippen molar-refractivity contribution in [1.29, 1.82) is 0 Å². The molecule has 1 aliphatic rings. The van der Waals surface area contributed by atoms with E-state index in [1.54, 1.807) is 30.3 Å². The lowest BCUT2D eigenvalue weighted by molar-refractivity contribution is -0.187. The molecule has 0 radical (unpaired) electrons. The predicted molar refractivity (Wildman–Crippen MR) is 74.2 cm³/mol. The Balaban J connectivity index is 0.00000162. The summed E-state index contributed by atoms with van der Waals surface area (Å²) in [5, 5.41) is 3.06. The number of nitrogens with one attached hydrogen (secondary N) is 1. The Morgan fingerprint density at radius 2 is 1.53 bits per heavy atom. The summed E-state index contributed by atoms with van der Waals surface area (Å²) >= 11 is 0. The minimum Gasteiger partial charge on any atom is -0.314 e. The van der Waals surface area contributed by atoms with Crippen LogP contribution in [0.4, 0.5) is 13.2 Å². The van der Waals surface area contributed by atoms with E-state index >= 15 is 0 Å². The van der Waals surface area contributed by atoms with Gasteiger partial charge in [-0.05, 0) is 5.56 Å². The molecule has 0 aliphatic carbocycles. The number of hydrogen-bond donors (Lipinski definition) is 1. The van der Waals surface area contributed by atoms with Gasteiger partial charge in [-0.1, -0.05) is 30.3 Å². The summed E-state index contributed by atoms with van der Waals surface area (Å²) < 4.78 is 39.4. The van der Waals surface area contributed by atoms with Crippen molar-refractivity contribution in [3.05, 3.63) is 35.9 Å². The second kappa shape index (κ2) is 7.94. The molecule has 0 amide bonds. The first-order valence-electron chi connectivity index (χ1n) is 5.65. The molecule has 1 heterocycles. The smallest absolute Gasteiger partial charge is 0.314 e. The van der Waals surface area contributed by atoms with Crippen LogP contribution in [0.15, 0.2) is 30.3 Å². The molecule has 1 N–H and O–H groups in total. The average Bonchev–Trinajstić information content (AvgIpc) is 2.30. The SMILES string of the molecule is Cl.Cl.FC(F)(F)C(c1ccccc1)N1CCNCC1. The number of alkyl halides is 3. The zero-order valence-corrected chi connectivity index (χ0v) is 11.8. The number of hydrogen-bond acceptors (Lipinski definition) is 2. The molecular weight excluding hydrogens is 300 g/mol. The fourth-order valence-corrected chi connectivity index (χ4v) is 2.18. The molecule has 7 heteroatoms. The zero-order chi connectivity index (χ0) is 12.3. The standard InChI is InChI=1S/C12H15F3N2.2ClH/c13-12(14,15)11(10-4-2-1-3-5-10)17-8-6-16-7-9-17;;/h1-5,11,16H,6-9H2;2*1H. The zero-order valence-electron chi connectivity index (χ0n) is 10.2. The lowest BCUT2D eigenvalue weighted by Crippen LogP contribution is -2.49. The molecule has 1 saturated heterocycles. The van der Waals surface area contributed by atoms with Crippen molar-refractivity contribution in [1.82, 2.24) is 10.2 Å². The van der Waals surface area contributed by atoms with Crippen molar-refractivity contribution in [2.75, 3.05) is 26.2 Å². The van der Waals surface area contributed by atoms with Crippen LogP contribution >= 0.6 is 24.8 Å². The van der Waals surface area contributed by atoms with Gasteiger partial charge in [0.15, 0.2) is 0 Å². The van der Waals surface area contributed by atoms with Gasteiger partial charge in [-0.3, -0.25) is 4.90 Å². The molecule has 19 heavy (non-hydrogen) atoms. The van der Waals surface area contributed by atoms with Crippen LogP contribution in [-0.2, 0) is 0 Å². The first-order chi connectivity index (χ1) is 8.09. The monoisotopic (exact) mass is 316 g/mol. The van der Waals surface area contributed by atoms with E-state index in [0.717, 1.165) is 0 Å². The Hall–Kier alpha value is -0.490. The number of halogens is 5. The normalized spacial score (nSPS) is 18.1. The lowest BCUT2D eigenvalue weighted by Gasteiger charge is -2.36. The largest absolute Gasteiger partial charge is 0.408 e. The van der Waals surface area contributed by atoms with Crippen molar-refractivity contribution < 1.29 is 13.2 Å². The van der Waals surface area contributed by atoms with E-state index in [4.69, 9.17) is 0 Å². The molecule has 0 saturated carbocycles. The first kappa shape index (κ1) is 18.5. The summed E-state index contributed by atoms with van der Waals surface area (Å²) in [5.41, 5.74) is 0.321. The predicted octanol–water partition coefficient (Wildman–Crippen LogP) is 3.04. The highest BCUT2D eigenvalue weighted by Crippen LogP contribution is 2.37. The van der Waals surface area contributed by atoms with Crippen LogP contribution in [0.1, 0.15) is 11.6 Å². The van der Waals surface area contributed by atoms with E-state index in [2.05, 4.69) is 5.32 Å². The molecule has 0 bridgehead atoms. The molecule has 2 rings (SSSR count). The van der Waals surface area contributed by atoms with Gasteiger partial charge in [-0.25, -0.2) is 0 Å². The Kier molecular flexibility index (Phi) is 7.74. The van der Waals surface area contributed by atoms with Crippen LogP contribution in [0.5, 0.6) is 0 Å². The van der Waals surface area contributed by atoms with Crippen LogP contribution in [-0.4, -0.2) is 37.3 Å². The summed E-state index contributed by atoms with van der Waals surface area (Å²) in [5.74, 6) is 0. The molecule has 1 atom stereocenters. The fourth-order valence-electron chi connectivity index (χ4n) is 2.18. The molecule has 0 aromatic heterocycles. The van der Waals surface area contributed by atoms with Crippen LogP contribution < -0.4 is 5.32 Å². The van der Waals surface area contributed by atoms with Gasteiger partial charge in [-0.2, -0.15) is 13.2 Å². The number of piperazine rings is 1. The summed E-state index contributed by atoms with van der Waals surface area (Å²) in [6, 6.07) is 6.63. The maximum atomic E-state index is 13.1. The van der Waals surface area contributed by atoms with Gasteiger partial charge in [0, 0.05) is 26.2 Å². The van der Waals surface area contributed by atoms with Crippen LogP contribution in [0.25, 0.3) is 0 Å². The van der Waals surface area contributed by atoms with Crippen LogP contribution in [0.2, 0.25) is 0 Å². The molecular formula is C12H17Cl2F3N2. The average molecular weight is 317 g/mol. The third-order valence-corrected chi connectivity index (χ3v) is 2.94. The van der Waals surface area contributed by atoms with Gasteiger partial charge in [0.2, 0.25) is 0 Å². The molecule has 0 spiro atoms. The highest BCUT2D eigenvalue weighted by Gasteiger charge is 2.44. The van der Waals surface area contributed by atoms with Crippen LogP contribution in [0.3, 0.4) is 0 Å². The van der Waals surface area contributed by atoms with E-state index in [1.807, 2.05) is 0 Å². The summed E-state index contributed by atoms with van der Waals surface area (Å²) in [7, 11) is 0. The Morgan fingerprint density at radius 3 is 2.00 bits per heavy atom. The van der Waals surface area contributed by atoms with Crippen LogP contribution in [0, 0.1) is 0 Å². The lowest BCUT2D eigenvalue weighted by atomic mass is 10.0. The van der Waals surface area contributed by atoms with Gasteiger partial charge in [-0.15, -0.1) is 24.8 Å². The molecule has 1 aliphatic heterocycles. The van der Waals surface area contributed by atoms with Crippen molar-refractivity contribution in [2.45, 2.75) is 12.2 Å². The number of nitrogens with zero attached hydrogens (tertiary/aromatic N) is 1. The van der Waals surface area contributed by atoms with Gasteiger partial charge >= 0.3 is 6.18 Å². The van der Waals surface area contributed by atoms with Crippen molar-refractivity contribution in [3.8, 4) is 0 Å². The second-order valence-corrected chi connectivity index (χ2v) is 4.14. The van der Waals surface area contributed by atoms with E-state index in [1.165, 1.54) is 4.90 Å². The quantitative estimate of drug-likeness (QED) is 0.902. The van der Waals surface area contributed by atoms with Gasteiger partial charge in [0.1, 0.15) is 6.04 Å². The van der Waals surface area contributed by atoms with Crippen molar-refractivity contribution >= 4 is 24.8 Å². The topological polar surface area (TPSA) is 15.3 Å².